The molecule has 0 unspecified atom stereocenters. The Morgan fingerprint density at radius 3 is 2.62 bits per heavy atom. The molecule has 0 radical (unpaired) electrons. The van der Waals surface area contributed by atoms with Gasteiger partial charge in [0.05, 0.1) is 6.10 Å². The summed E-state index contributed by atoms with van der Waals surface area (Å²) in [5.74, 6) is 1.03. The van der Waals surface area contributed by atoms with E-state index < -0.39 is 0 Å². The Bertz CT molecular complexity index is 258. The lowest BCUT2D eigenvalue weighted by Crippen LogP contribution is -2.19. The third-order valence-corrected chi connectivity index (χ3v) is 3.17. The van der Waals surface area contributed by atoms with Crippen molar-refractivity contribution in [3.63, 3.8) is 0 Å². The molecule has 0 aromatic rings. The maximum Gasteiger partial charge on any atom is 0.115 e. The Balaban J connectivity index is 2.24. The van der Waals surface area contributed by atoms with Crippen LogP contribution in [0.15, 0.2) is 36.6 Å². The fraction of sp³-hybridized carbons (Fsp3) is 0.571. The van der Waals surface area contributed by atoms with E-state index in [1.807, 2.05) is 6.08 Å². The Morgan fingerprint density at radius 2 is 2.06 bits per heavy atom. The smallest absolute Gasteiger partial charge is 0.115 e. The van der Waals surface area contributed by atoms with Gasteiger partial charge in [0.1, 0.15) is 5.76 Å². The fourth-order valence-electron chi connectivity index (χ4n) is 2.16. The topological polar surface area (TPSA) is 29.5 Å². The number of hydrogen-bond acceptors (Lipinski definition) is 2. The van der Waals surface area contributed by atoms with Crippen molar-refractivity contribution in [1.29, 1.82) is 0 Å². The van der Waals surface area contributed by atoms with E-state index in [1.54, 1.807) is 25.3 Å². The second-order valence-electron chi connectivity index (χ2n) is 4.34. The van der Waals surface area contributed by atoms with Crippen LogP contribution in [0.25, 0.3) is 0 Å². The second-order valence-corrected chi connectivity index (χ2v) is 4.34. The van der Waals surface area contributed by atoms with Crippen LogP contribution in [0.3, 0.4) is 0 Å². The summed E-state index contributed by atoms with van der Waals surface area (Å²) in [6.07, 6.45) is 13.3. The Morgan fingerprint density at radius 1 is 1.38 bits per heavy atom. The van der Waals surface area contributed by atoms with Gasteiger partial charge in [0.2, 0.25) is 0 Å². The molecule has 1 aliphatic rings. The summed E-state index contributed by atoms with van der Waals surface area (Å²) in [5, 5.41) is 9.34. The normalized spacial score (nSPS) is 27.2. The molecule has 0 spiro atoms. The summed E-state index contributed by atoms with van der Waals surface area (Å²) in [6, 6.07) is 0. The average Bonchev–Trinajstić information content (AvgIpc) is 2.30. The quantitative estimate of drug-likeness (QED) is 0.567. The average molecular weight is 222 g/mol. The Hall–Kier alpha value is -1.02. The van der Waals surface area contributed by atoms with E-state index in [0.717, 1.165) is 12.3 Å². The van der Waals surface area contributed by atoms with Gasteiger partial charge in [0.25, 0.3) is 0 Å². The van der Waals surface area contributed by atoms with Crippen molar-refractivity contribution in [3.8, 4) is 0 Å². The molecule has 0 bridgehead atoms. The van der Waals surface area contributed by atoms with Gasteiger partial charge in [-0.05, 0) is 50.2 Å². The SMILES string of the molecule is C=C/C=C(O)\C=C/CC1CCC(OC)CC1. The van der Waals surface area contributed by atoms with Gasteiger partial charge in [0, 0.05) is 7.11 Å². The van der Waals surface area contributed by atoms with Gasteiger partial charge in [-0.1, -0.05) is 18.7 Å². The van der Waals surface area contributed by atoms with Gasteiger partial charge in [0.15, 0.2) is 0 Å². The molecule has 2 heteroatoms. The molecule has 0 heterocycles. The van der Waals surface area contributed by atoms with Crippen LogP contribution in [-0.4, -0.2) is 18.3 Å². The van der Waals surface area contributed by atoms with Gasteiger partial charge in [-0.15, -0.1) is 0 Å². The summed E-state index contributed by atoms with van der Waals surface area (Å²) < 4.78 is 5.34. The molecule has 1 N–H and O–H groups in total. The van der Waals surface area contributed by atoms with E-state index in [2.05, 4.69) is 6.58 Å². The molecular weight excluding hydrogens is 200 g/mol. The summed E-state index contributed by atoms with van der Waals surface area (Å²) >= 11 is 0. The largest absolute Gasteiger partial charge is 0.508 e. The highest BCUT2D eigenvalue weighted by atomic mass is 16.5. The van der Waals surface area contributed by atoms with E-state index in [9.17, 15) is 5.11 Å². The Labute approximate surface area is 98.3 Å². The zero-order valence-corrected chi connectivity index (χ0v) is 10.1. The number of methoxy groups -OCH3 is 1. The van der Waals surface area contributed by atoms with E-state index >= 15 is 0 Å². The maximum atomic E-state index is 9.34. The van der Waals surface area contributed by atoms with Crippen LogP contribution in [-0.2, 0) is 4.74 Å². The summed E-state index contributed by atoms with van der Waals surface area (Å²) in [4.78, 5) is 0. The minimum absolute atomic E-state index is 0.278. The zero-order chi connectivity index (χ0) is 11.8. The monoisotopic (exact) mass is 222 g/mol. The van der Waals surface area contributed by atoms with Crippen molar-refractivity contribution in [2.45, 2.75) is 38.2 Å². The van der Waals surface area contributed by atoms with E-state index in [-0.39, 0.29) is 5.76 Å². The van der Waals surface area contributed by atoms with Crippen molar-refractivity contribution >= 4 is 0 Å². The summed E-state index contributed by atoms with van der Waals surface area (Å²) in [7, 11) is 1.79. The molecule has 0 aliphatic heterocycles. The van der Waals surface area contributed by atoms with Gasteiger partial charge < -0.3 is 9.84 Å². The van der Waals surface area contributed by atoms with Crippen LogP contribution in [0.4, 0.5) is 0 Å². The van der Waals surface area contributed by atoms with Crippen LogP contribution in [0.2, 0.25) is 0 Å². The lowest BCUT2D eigenvalue weighted by Gasteiger charge is -2.26. The van der Waals surface area contributed by atoms with Crippen molar-refractivity contribution in [2.24, 2.45) is 5.92 Å². The van der Waals surface area contributed by atoms with Crippen LogP contribution >= 0.6 is 0 Å². The highest BCUT2D eigenvalue weighted by Crippen LogP contribution is 2.28. The zero-order valence-electron chi connectivity index (χ0n) is 10.1. The molecule has 0 atom stereocenters. The number of rotatable bonds is 5. The fourth-order valence-corrected chi connectivity index (χ4v) is 2.16. The number of aliphatic hydroxyl groups is 1. The van der Waals surface area contributed by atoms with Gasteiger partial charge in [-0.2, -0.15) is 0 Å². The van der Waals surface area contributed by atoms with Gasteiger partial charge in [-0.3, -0.25) is 0 Å². The molecule has 1 aliphatic carbocycles. The first-order chi connectivity index (χ1) is 7.76. The number of allylic oxidation sites excluding steroid dienone is 4. The third-order valence-electron chi connectivity index (χ3n) is 3.17. The van der Waals surface area contributed by atoms with E-state index in [4.69, 9.17) is 4.74 Å². The summed E-state index contributed by atoms with van der Waals surface area (Å²) in [6.45, 7) is 3.53. The molecule has 0 saturated heterocycles. The molecule has 0 aromatic heterocycles. The predicted octanol–water partition coefficient (Wildman–Crippen LogP) is 3.77. The minimum atomic E-state index is 0.278. The molecule has 1 fully saturated rings. The molecular formula is C14H22O2. The van der Waals surface area contributed by atoms with Crippen LogP contribution in [0.5, 0.6) is 0 Å². The molecule has 1 saturated carbocycles. The first-order valence-electron chi connectivity index (χ1n) is 5.97. The lowest BCUT2D eigenvalue weighted by molar-refractivity contribution is 0.0572. The van der Waals surface area contributed by atoms with E-state index in [0.29, 0.717) is 6.10 Å². The highest BCUT2D eigenvalue weighted by Gasteiger charge is 2.19. The lowest BCUT2D eigenvalue weighted by atomic mass is 9.85. The van der Waals surface area contributed by atoms with Crippen LogP contribution in [0.1, 0.15) is 32.1 Å². The predicted molar refractivity (Wildman–Crippen MR) is 67.4 cm³/mol. The number of hydrogen-bond donors (Lipinski definition) is 1. The van der Waals surface area contributed by atoms with Crippen molar-refractivity contribution < 1.29 is 9.84 Å². The second kappa shape index (κ2) is 7.29. The Kier molecular flexibility index (Phi) is 5.94. The van der Waals surface area contributed by atoms with Gasteiger partial charge >= 0.3 is 0 Å². The first-order valence-corrected chi connectivity index (χ1v) is 5.97. The summed E-state index contributed by atoms with van der Waals surface area (Å²) in [5.41, 5.74) is 0. The molecule has 90 valence electrons. The molecule has 0 amide bonds. The van der Waals surface area contributed by atoms with Crippen molar-refractivity contribution in [3.05, 3.63) is 36.6 Å². The molecule has 1 rings (SSSR count). The van der Waals surface area contributed by atoms with Crippen molar-refractivity contribution in [2.75, 3.05) is 7.11 Å². The van der Waals surface area contributed by atoms with Crippen LogP contribution in [0, 0.1) is 5.92 Å². The standard InChI is InChI=1S/C14H22O2/c1-3-5-13(15)7-4-6-12-8-10-14(16-2)11-9-12/h3-5,7,12,14-15H,1,6,8-11H2,2H3/b7-4-,13-5+. The maximum absolute atomic E-state index is 9.34. The van der Waals surface area contributed by atoms with Gasteiger partial charge in [-0.25, -0.2) is 0 Å². The first kappa shape index (κ1) is 13.0. The number of aliphatic hydroxyl groups excluding tert-OH is 1. The molecule has 2 nitrogen and oxygen atoms in total. The highest BCUT2D eigenvalue weighted by molar-refractivity contribution is 5.15. The minimum Gasteiger partial charge on any atom is -0.508 e. The van der Waals surface area contributed by atoms with Crippen molar-refractivity contribution in [1.82, 2.24) is 0 Å². The molecule has 0 aromatic carbocycles. The van der Waals surface area contributed by atoms with E-state index in [1.165, 1.54) is 25.7 Å². The molecule has 16 heavy (non-hydrogen) atoms. The third kappa shape index (κ3) is 4.67. The van der Waals surface area contributed by atoms with Crippen LogP contribution < -0.4 is 0 Å². The number of ether oxygens (including phenoxy) is 1.